The van der Waals surface area contributed by atoms with Gasteiger partial charge in [0.2, 0.25) is 0 Å². The molecule has 5 heteroatoms. The van der Waals surface area contributed by atoms with Crippen LogP contribution in [0.15, 0.2) is 24.4 Å². The normalized spacial score (nSPS) is 10.3. The maximum atomic E-state index is 12.9. The summed E-state index contributed by atoms with van der Waals surface area (Å²) in [5, 5.41) is 0. The smallest absolute Gasteiger partial charge is 0.170 e. The zero-order valence-electron chi connectivity index (χ0n) is 7.50. The van der Waals surface area contributed by atoms with Crippen LogP contribution in [0.1, 0.15) is 10.5 Å². The second-order valence-corrected chi connectivity index (χ2v) is 2.92. The van der Waals surface area contributed by atoms with E-state index in [0.29, 0.717) is 17.7 Å². The number of imidazole rings is 1. The Morgan fingerprint density at radius 2 is 2.07 bits per heavy atom. The van der Waals surface area contributed by atoms with Crippen molar-refractivity contribution < 1.29 is 13.6 Å². The minimum absolute atomic E-state index is 0.217. The molecule has 2 aromatic rings. The van der Waals surface area contributed by atoms with Gasteiger partial charge in [-0.05, 0) is 18.2 Å². The van der Waals surface area contributed by atoms with Gasteiger partial charge in [-0.15, -0.1) is 0 Å². The summed E-state index contributed by atoms with van der Waals surface area (Å²) >= 11 is 0. The van der Waals surface area contributed by atoms with E-state index in [0.717, 1.165) is 12.1 Å². The van der Waals surface area contributed by atoms with Crippen LogP contribution in [0.2, 0.25) is 0 Å². The standard InChI is InChI=1S/C10H6F2N2O/c11-8-2-1-6(3-9(8)12)10-13-4-7(5-15)14-10/h1-5H,(H,13,14). The summed E-state index contributed by atoms with van der Waals surface area (Å²) < 4.78 is 25.5. The van der Waals surface area contributed by atoms with Gasteiger partial charge in [0.15, 0.2) is 17.9 Å². The van der Waals surface area contributed by atoms with E-state index in [-0.39, 0.29) is 5.69 Å². The maximum Gasteiger partial charge on any atom is 0.170 e. The van der Waals surface area contributed by atoms with E-state index in [9.17, 15) is 13.6 Å². The molecule has 0 amide bonds. The number of carbonyl (C=O) groups excluding carboxylic acids is 1. The van der Waals surface area contributed by atoms with Gasteiger partial charge in [-0.25, -0.2) is 13.8 Å². The monoisotopic (exact) mass is 208 g/mol. The SMILES string of the molecule is O=Cc1c[nH]c(-c2ccc(F)c(F)c2)n1. The maximum absolute atomic E-state index is 12.9. The average molecular weight is 208 g/mol. The molecule has 0 aliphatic rings. The number of H-pyrrole nitrogens is 1. The summed E-state index contributed by atoms with van der Waals surface area (Å²) in [5.41, 5.74) is 0.608. The van der Waals surface area contributed by atoms with E-state index < -0.39 is 11.6 Å². The van der Waals surface area contributed by atoms with Crippen molar-refractivity contribution in [2.75, 3.05) is 0 Å². The first-order chi connectivity index (χ1) is 7.20. The van der Waals surface area contributed by atoms with Crippen LogP contribution in [0.4, 0.5) is 8.78 Å². The van der Waals surface area contributed by atoms with Crippen LogP contribution in [0.5, 0.6) is 0 Å². The van der Waals surface area contributed by atoms with E-state index in [4.69, 9.17) is 0 Å². The lowest BCUT2D eigenvalue weighted by Crippen LogP contribution is -1.87. The van der Waals surface area contributed by atoms with Gasteiger partial charge in [-0.2, -0.15) is 0 Å². The fraction of sp³-hybridized carbons (Fsp3) is 0. The summed E-state index contributed by atoms with van der Waals surface area (Å²) in [6.45, 7) is 0. The number of hydrogen-bond donors (Lipinski definition) is 1. The molecule has 0 fully saturated rings. The Kier molecular flexibility index (Phi) is 2.29. The number of aromatic amines is 1. The first-order valence-corrected chi connectivity index (χ1v) is 4.16. The van der Waals surface area contributed by atoms with E-state index in [1.165, 1.54) is 12.3 Å². The molecule has 2 rings (SSSR count). The Bertz CT molecular complexity index is 508. The molecule has 1 aromatic carbocycles. The highest BCUT2D eigenvalue weighted by Crippen LogP contribution is 2.18. The Morgan fingerprint density at radius 1 is 1.27 bits per heavy atom. The molecular formula is C10H6F2N2O. The van der Waals surface area contributed by atoms with Crippen LogP contribution in [-0.4, -0.2) is 16.3 Å². The summed E-state index contributed by atoms with van der Waals surface area (Å²) in [6, 6.07) is 3.41. The lowest BCUT2D eigenvalue weighted by molar-refractivity contribution is 0.111. The molecule has 1 N–H and O–H groups in total. The molecule has 3 nitrogen and oxygen atoms in total. The van der Waals surface area contributed by atoms with E-state index >= 15 is 0 Å². The summed E-state index contributed by atoms with van der Waals surface area (Å²) in [4.78, 5) is 16.9. The van der Waals surface area contributed by atoms with Crippen molar-refractivity contribution in [2.45, 2.75) is 0 Å². The number of benzene rings is 1. The highest BCUT2D eigenvalue weighted by atomic mass is 19.2. The first-order valence-electron chi connectivity index (χ1n) is 4.16. The number of nitrogens with one attached hydrogen (secondary N) is 1. The quantitative estimate of drug-likeness (QED) is 0.768. The zero-order valence-corrected chi connectivity index (χ0v) is 7.50. The topological polar surface area (TPSA) is 45.8 Å². The molecule has 1 heterocycles. The molecule has 0 bridgehead atoms. The van der Waals surface area contributed by atoms with Gasteiger partial charge in [0.05, 0.1) is 0 Å². The van der Waals surface area contributed by atoms with Crippen LogP contribution in [0, 0.1) is 11.6 Å². The fourth-order valence-corrected chi connectivity index (χ4v) is 1.19. The molecule has 0 saturated heterocycles. The Labute approximate surface area is 83.8 Å². The largest absolute Gasteiger partial charge is 0.344 e. The lowest BCUT2D eigenvalue weighted by atomic mass is 10.2. The molecule has 0 saturated carbocycles. The van der Waals surface area contributed by atoms with E-state index in [1.54, 1.807) is 0 Å². The van der Waals surface area contributed by atoms with Crippen molar-refractivity contribution in [3.05, 3.63) is 41.7 Å². The van der Waals surface area contributed by atoms with Crippen molar-refractivity contribution in [1.82, 2.24) is 9.97 Å². The molecule has 0 aliphatic heterocycles. The van der Waals surface area contributed by atoms with Crippen molar-refractivity contribution in [2.24, 2.45) is 0 Å². The van der Waals surface area contributed by atoms with Crippen molar-refractivity contribution >= 4 is 6.29 Å². The first kappa shape index (κ1) is 9.51. The van der Waals surface area contributed by atoms with E-state index in [1.807, 2.05) is 0 Å². The number of aldehydes is 1. The minimum Gasteiger partial charge on any atom is -0.344 e. The van der Waals surface area contributed by atoms with Crippen LogP contribution < -0.4 is 0 Å². The predicted molar refractivity (Wildman–Crippen MR) is 49.3 cm³/mol. The molecule has 0 radical (unpaired) electrons. The Hall–Kier alpha value is -2.04. The van der Waals surface area contributed by atoms with Crippen LogP contribution in [0.3, 0.4) is 0 Å². The molecule has 1 aromatic heterocycles. The molecular weight excluding hydrogens is 202 g/mol. The third kappa shape index (κ3) is 1.76. The molecule has 0 spiro atoms. The molecule has 0 aliphatic carbocycles. The van der Waals surface area contributed by atoms with Crippen molar-refractivity contribution in [3.8, 4) is 11.4 Å². The van der Waals surface area contributed by atoms with Gasteiger partial charge >= 0.3 is 0 Å². The summed E-state index contributed by atoms with van der Waals surface area (Å²) in [5.74, 6) is -1.53. The van der Waals surface area contributed by atoms with Gasteiger partial charge in [-0.3, -0.25) is 4.79 Å². The molecule has 0 unspecified atom stereocenters. The van der Waals surface area contributed by atoms with Gasteiger partial charge in [0.1, 0.15) is 11.5 Å². The highest BCUT2D eigenvalue weighted by molar-refractivity contribution is 5.73. The van der Waals surface area contributed by atoms with Gasteiger partial charge < -0.3 is 4.98 Å². The average Bonchev–Trinajstić information content (AvgIpc) is 2.70. The van der Waals surface area contributed by atoms with Gasteiger partial charge in [-0.1, -0.05) is 0 Å². The number of rotatable bonds is 2. The predicted octanol–water partition coefficient (Wildman–Crippen LogP) is 2.17. The number of aromatic nitrogens is 2. The number of halogens is 2. The minimum atomic E-state index is -0.948. The number of nitrogens with zero attached hydrogens (tertiary/aromatic N) is 1. The number of hydrogen-bond acceptors (Lipinski definition) is 2. The van der Waals surface area contributed by atoms with Gasteiger partial charge in [0, 0.05) is 11.8 Å². The fourth-order valence-electron chi connectivity index (χ4n) is 1.19. The van der Waals surface area contributed by atoms with Crippen LogP contribution >= 0.6 is 0 Å². The van der Waals surface area contributed by atoms with Crippen LogP contribution in [0.25, 0.3) is 11.4 Å². The second-order valence-electron chi connectivity index (χ2n) is 2.92. The number of carbonyl (C=O) groups is 1. The Balaban J connectivity index is 2.44. The molecule has 0 atom stereocenters. The third-order valence-electron chi connectivity index (χ3n) is 1.91. The second kappa shape index (κ2) is 3.61. The zero-order chi connectivity index (χ0) is 10.8. The highest BCUT2D eigenvalue weighted by Gasteiger charge is 2.07. The van der Waals surface area contributed by atoms with Crippen LogP contribution in [-0.2, 0) is 0 Å². The molecule has 15 heavy (non-hydrogen) atoms. The van der Waals surface area contributed by atoms with Gasteiger partial charge in [0.25, 0.3) is 0 Å². The molecule has 76 valence electrons. The van der Waals surface area contributed by atoms with E-state index in [2.05, 4.69) is 9.97 Å². The van der Waals surface area contributed by atoms with Crippen molar-refractivity contribution in [3.63, 3.8) is 0 Å². The lowest BCUT2D eigenvalue weighted by Gasteiger charge is -1.97. The van der Waals surface area contributed by atoms with Crippen molar-refractivity contribution in [1.29, 1.82) is 0 Å². The third-order valence-corrected chi connectivity index (χ3v) is 1.91. The summed E-state index contributed by atoms with van der Waals surface area (Å²) in [6.07, 6.45) is 1.96. The summed E-state index contributed by atoms with van der Waals surface area (Å²) in [7, 11) is 0. The Morgan fingerprint density at radius 3 is 2.67 bits per heavy atom.